The third-order valence-electron chi connectivity index (χ3n) is 0.643. The molecule has 17 heavy (non-hydrogen) atoms. The van der Waals surface area contributed by atoms with Crippen LogP contribution in [0.15, 0.2) is 0 Å². The Morgan fingerprint density at radius 2 is 1.53 bits per heavy atom. The lowest BCUT2D eigenvalue weighted by Crippen LogP contribution is -2.07. The van der Waals surface area contributed by atoms with Gasteiger partial charge in [0.1, 0.15) is 19.2 Å². The third-order valence-corrected chi connectivity index (χ3v) is 0.643. The van der Waals surface area contributed by atoms with E-state index < -0.39 is 0 Å². The van der Waals surface area contributed by atoms with Crippen molar-refractivity contribution >= 4 is 12.6 Å². The van der Waals surface area contributed by atoms with E-state index in [9.17, 15) is 4.79 Å². The van der Waals surface area contributed by atoms with E-state index in [1.807, 2.05) is 0 Å². The summed E-state index contributed by atoms with van der Waals surface area (Å²) in [5.74, 6) is 0. The number of aliphatic hydroxyl groups excluding tert-OH is 2. The molecule has 0 fully saturated rings. The number of methoxy groups -OCH3 is 2. The van der Waals surface area contributed by atoms with Crippen LogP contribution in [0.5, 0.6) is 0 Å². The minimum Gasteiger partial charge on any atom is -0.400 e. The van der Waals surface area contributed by atoms with Crippen molar-refractivity contribution < 1.29 is 29.3 Å². The molecule has 0 rings (SSSR count). The summed E-state index contributed by atoms with van der Waals surface area (Å²) in [7, 11) is 4.04. The molecule has 0 heterocycles. The molecule has 0 aliphatic heterocycles. The zero-order valence-electron chi connectivity index (χ0n) is 10.7. The molecule has 0 amide bonds. The summed E-state index contributed by atoms with van der Waals surface area (Å²) < 4.78 is 8.88. The molecule has 1 unspecified atom stereocenters. The van der Waals surface area contributed by atoms with Crippen molar-refractivity contribution in [3.05, 3.63) is 0 Å². The summed E-state index contributed by atoms with van der Waals surface area (Å²) >= 11 is 0. The van der Waals surface area contributed by atoms with Gasteiger partial charge in [-0.25, -0.2) is 0 Å². The van der Waals surface area contributed by atoms with Gasteiger partial charge in [-0.3, -0.25) is 0 Å². The molecular weight excluding hydrogens is 228 g/mol. The van der Waals surface area contributed by atoms with Gasteiger partial charge in [0.05, 0.1) is 12.7 Å². The van der Waals surface area contributed by atoms with Crippen LogP contribution in [0, 0.1) is 0 Å². The van der Waals surface area contributed by atoms with Crippen LogP contribution in [0.3, 0.4) is 0 Å². The van der Waals surface area contributed by atoms with Gasteiger partial charge in [0, 0.05) is 21.3 Å². The topological polar surface area (TPSA) is 93.1 Å². The third kappa shape index (κ3) is 151. The summed E-state index contributed by atoms with van der Waals surface area (Å²) in [6.45, 7) is 3.77. The molecule has 0 aromatic rings. The molecule has 0 aromatic carbocycles. The second kappa shape index (κ2) is 45.6. The minimum atomic E-state index is -0.324. The fourth-order valence-electron chi connectivity index (χ4n) is 0.309. The molecular formula is C11H28O6. The van der Waals surface area contributed by atoms with Gasteiger partial charge in [0.2, 0.25) is 0 Å². The van der Waals surface area contributed by atoms with Crippen LogP contribution in [0.25, 0.3) is 0 Å². The van der Waals surface area contributed by atoms with Crippen LogP contribution in [0.1, 0.15) is 21.3 Å². The molecule has 2 N–H and O–H groups in total. The van der Waals surface area contributed by atoms with Crippen molar-refractivity contribution in [3.8, 4) is 0 Å². The zero-order valence-corrected chi connectivity index (χ0v) is 10.7. The number of hydrogen-bond acceptors (Lipinski definition) is 6. The quantitative estimate of drug-likeness (QED) is 0.702. The molecule has 108 valence electrons. The Labute approximate surface area is 105 Å². The lowest BCUT2D eigenvalue weighted by atomic mass is 10.5. The number of ether oxygens (including phenoxy) is 2. The summed E-state index contributed by atoms with van der Waals surface area (Å²) in [6.07, 6.45) is 1.13. The smallest absolute Gasteiger partial charge is 0.145 e. The van der Waals surface area contributed by atoms with E-state index in [-0.39, 0.29) is 20.1 Å². The molecule has 0 saturated heterocycles. The molecule has 0 aliphatic rings. The monoisotopic (exact) mass is 256 g/mol. The van der Waals surface area contributed by atoms with Crippen LogP contribution in [-0.2, 0) is 19.1 Å². The van der Waals surface area contributed by atoms with E-state index in [0.717, 1.165) is 13.4 Å². The maximum atomic E-state index is 9.28. The fourth-order valence-corrected chi connectivity index (χ4v) is 0.309. The van der Waals surface area contributed by atoms with Gasteiger partial charge in [0.25, 0.3) is 0 Å². The normalized spacial score (nSPS) is 8.41. The van der Waals surface area contributed by atoms with E-state index in [0.29, 0.717) is 12.9 Å². The predicted octanol–water partition coefficient (Wildman–Crippen LogP) is 0.295. The highest BCUT2D eigenvalue weighted by Gasteiger charge is 1.87. The predicted molar refractivity (Wildman–Crippen MR) is 68.1 cm³/mol. The molecule has 0 saturated carbocycles. The zero-order chi connectivity index (χ0) is 13.8. The Kier molecular flexibility index (Phi) is 80.0. The van der Waals surface area contributed by atoms with E-state index in [4.69, 9.17) is 15.0 Å². The second-order valence-electron chi connectivity index (χ2n) is 2.16. The van der Waals surface area contributed by atoms with Gasteiger partial charge in [-0.05, 0) is 13.8 Å². The van der Waals surface area contributed by atoms with Crippen molar-refractivity contribution in [1.82, 2.24) is 0 Å². The van der Waals surface area contributed by atoms with Gasteiger partial charge >= 0.3 is 0 Å². The second-order valence-corrected chi connectivity index (χ2v) is 2.16. The number of aliphatic hydroxyl groups is 2. The number of aldehydes is 2. The van der Waals surface area contributed by atoms with Crippen LogP contribution in [-0.4, -0.2) is 63.4 Å². The first kappa shape index (κ1) is 29.8. The van der Waals surface area contributed by atoms with E-state index >= 15 is 0 Å². The Bertz CT molecular complexity index is 106. The van der Waals surface area contributed by atoms with Gasteiger partial charge in [-0.2, -0.15) is 0 Å². The van der Waals surface area contributed by atoms with E-state index in [1.165, 1.54) is 14.0 Å². The Hall–Kier alpha value is -0.820. The highest BCUT2D eigenvalue weighted by Crippen LogP contribution is 1.75. The van der Waals surface area contributed by atoms with Gasteiger partial charge in [-0.15, -0.1) is 0 Å². The van der Waals surface area contributed by atoms with Crippen molar-refractivity contribution in [3.63, 3.8) is 0 Å². The van der Waals surface area contributed by atoms with E-state index in [2.05, 4.69) is 9.47 Å². The number of carbonyl (C=O) groups is 2. The standard InChI is InChI=1S/C4H10O2.C3H6O2.C2H4O.CH4O.CH4/c1-4(5)3-6-2;1-5-3-2-4;1-2-3;1-2;/h4-5H,3H2,1-2H3;2H,3H2,1H3;2H,1H3;2H,1H3;1H4. The first-order valence-corrected chi connectivity index (χ1v) is 4.54. The van der Waals surface area contributed by atoms with Crippen LogP contribution in [0.2, 0.25) is 0 Å². The molecule has 0 bridgehead atoms. The van der Waals surface area contributed by atoms with Crippen molar-refractivity contribution in [2.24, 2.45) is 0 Å². The first-order valence-electron chi connectivity index (χ1n) is 4.54. The summed E-state index contributed by atoms with van der Waals surface area (Å²) in [5.41, 5.74) is 0. The first-order chi connectivity index (χ1) is 7.60. The van der Waals surface area contributed by atoms with Crippen LogP contribution >= 0.6 is 0 Å². The van der Waals surface area contributed by atoms with Gasteiger partial charge in [-0.1, -0.05) is 7.43 Å². The van der Waals surface area contributed by atoms with Gasteiger partial charge < -0.3 is 29.3 Å². The van der Waals surface area contributed by atoms with Crippen molar-refractivity contribution in [2.75, 3.05) is 34.5 Å². The largest absolute Gasteiger partial charge is 0.400 e. The maximum absolute atomic E-state index is 9.28. The molecule has 0 spiro atoms. The highest BCUT2D eigenvalue weighted by molar-refractivity contribution is 5.50. The van der Waals surface area contributed by atoms with Crippen molar-refractivity contribution in [2.45, 2.75) is 27.4 Å². The number of rotatable bonds is 4. The average molecular weight is 256 g/mol. The highest BCUT2D eigenvalue weighted by atomic mass is 16.5. The maximum Gasteiger partial charge on any atom is 0.145 e. The minimum absolute atomic E-state index is 0. The molecule has 6 nitrogen and oxygen atoms in total. The van der Waals surface area contributed by atoms with Crippen molar-refractivity contribution in [1.29, 1.82) is 0 Å². The molecule has 6 heteroatoms. The summed E-state index contributed by atoms with van der Waals surface area (Å²) in [6, 6.07) is 0. The van der Waals surface area contributed by atoms with Crippen LogP contribution in [0.4, 0.5) is 0 Å². The lowest BCUT2D eigenvalue weighted by Gasteiger charge is -1.97. The SMILES string of the molecule is C.CC=O.CO.COCC(C)O.COCC=O. The molecule has 0 aliphatic carbocycles. The Morgan fingerprint density at radius 1 is 1.18 bits per heavy atom. The van der Waals surface area contributed by atoms with E-state index in [1.54, 1.807) is 14.0 Å². The Morgan fingerprint density at radius 3 is 1.53 bits per heavy atom. The summed E-state index contributed by atoms with van der Waals surface area (Å²) in [5, 5.41) is 15.4. The number of hydrogen-bond donors (Lipinski definition) is 2. The number of carbonyl (C=O) groups excluding carboxylic acids is 2. The lowest BCUT2D eigenvalue weighted by molar-refractivity contribution is -0.111. The fraction of sp³-hybridized carbons (Fsp3) is 0.818. The molecule has 0 radical (unpaired) electrons. The average Bonchev–Trinajstić information content (AvgIpc) is 2.24. The molecule has 0 aromatic heterocycles. The summed E-state index contributed by atoms with van der Waals surface area (Å²) in [4.78, 5) is 18.1. The Balaban J connectivity index is -0.0000000399. The van der Waals surface area contributed by atoms with Gasteiger partial charge in [0.15, 0.2) is 0 Å². The van der Waals surface area contributed by atoms with Crippen LogP contribution < -0.4 is 0 Å². The molecule has 1 atom stereocenters.